The molecule has 24 heavy (non-hydrogen) atoms. The van der Waals surface area contributed by atoms with Gasteiger partial charge in [0.05, 0.1) is 0 Å². The number of esters is 1. The molecule has 0 atom stereocenters. The lowest BCUT2D eigenvalue weighted by molar-refractivity contribution is -0.136. The van der Waals surface area contributed by atoms with Crippen LogP contribution in [0.1, 0.15) is 0 Å². The van der Waals surface area contributed by atoms with Crippen molar-refractivity contribution >= 4 is 27.9 Å². The number of ether oxygens (including phenoxy) is 2. The van der Waals surface area contributed by atoms with Crippen LogP contribution >= 0.6 is 0 Å². The first-order valence-corrected chi connectivity index (χ1v) is 7.59. The molecule has 0 bridgehead atoms. The molecule has 1 heterocycles. The summed E-state index contributed by atoms with van der Waals surface area (Å²) in [5.41, 5.74) is 1.61. The van der Waals surface area contributed by atoms with E-state index >= 15 is 0 Å². The average molecular weight is 318 g/mol. The predicted molar refractivity (Wildman–Crippen MR) is 91.3 cm³/mol. The summed E-state index contributed by atoms with van der Waals surface area (Å²) in [6.45, 7) is -0.157. The molecule has 0 spiro atoms. The molecule has 4 nitrogen and oxygen atoms in total. The van der Waals surface area contributed by atoms with Crippen molar-refractivity contribution in [1.29, 1.82) is 0 Å². The molecule has 0 aliphatic heterocycles. The van der Waals surface area contributed by atoms with E-state index in [4.69, 9.17) is 13.9 Å². The number of furan rings is 1. The lowest BCUT2D eigenvalue weighted by Gasteiger charge is -2.06. The highest BCUT2D eigenvalue weighted by molar-refractivity contribution is 6.05. The monoisotopic (exact) mass is 318 g/mol. The minimum Gasteiger partial charge on any atom is -0.482 e. The minimum absolute atomic E-state index is 0.157. The Morgan fingerprint density at radius 3 is 2.42 bits per heavy atom. The third-order valence-electron chi connectivity index (χ3n) is 3.68. The summed E-state index contributed by atoms with van der Waals surface area (Å²) in [6.07, 6.45) is 0. The van der Waals surface area contributed by atoms with Gasteiger partial charge < -0.3 is 13.9 Å². The van der Waals surface area contributed by atoms with Crippen LogP contribution in [0.2, 0.25) is 0 Å². The Morgan fingerprint density at radius 1 is 0.792 bits per heavy atom. The molecule has 1 aromatic heterocycles. The molecule has 0 amide bonds. The molecule has 0 fully saturated rings. The van der Waals surface area contributed by atoms with E-state index in [1.54, 1.807) is 30.3 Å². The molecule has 118 valence electrons. The van der Waals surface area contributed by atoms with Gasteiger partial charge in [0.2, 0.25) is 0 Å². The van der Waals surface area contributed by atoms with Gasteiger partial charge in [-0.05, 0) is 36.4 Å². The number of hydrogen-bond acceptors (Lipinski definition) is 4. The summed E-state index contributed by atoms with van der Waals surface area (Å²) in [6, 6.07) is 22.2. The SMILES string of the molecule is O=C(COc1ccc2oc3ccccc3c2c1)Oc1ccccc1. The Labute approximate surface area is 138 Å². The number of fused-ring (bicyclic) bond motifs is 3. The normalized spacial score (nSPS) is 10.8. The molecule has 3 aromatic carbocycles. The summed E-state index contributed by atoms with van der Waals surface area (Å²) in [4.78, 5) is 11.8. The first kappa shape index (κ1) is 14.3. The average Bonchev–Trinajstić information content (AvgIpc) is 2.99. The number of rotatable bonds is 4. The number of benzene rings is 3. The van der Waals surface area contributed by atoms with Gasteiger partial charge in [-0.15, -0.1) is 0 Å². The lowest BCUT2D eigenvalue weighted by Crippen LogP contribution is -2.17. The fourth-order valence-electron chi connectivity index (χ4n) is 2.59. The maximum Gasteiger partial charge on any atom is 0.349 e. The quantitative estimate of drug-likeness (QED) is 0.408. The lowest BCUT2D eigenvalue weighted by atomic mass is 10.1. The van der Waals surface area contributed by atoms with Crippen LogP contribution in [0, 0.1) is 0 Å². The van der Waals surface area contributed by atoms with Crippen molar-refractivity contribution in [3.8, 4) is 11.5 Å². The van der Waals surface area contributed by atoms with Crippen LogP contribution in [-0.4, -0.2) is 12.6 Å². The molecule has 4 heteroatoms. The highest BCUT2D eigenvalue weighted by Gasteiger charge is 2.09. The van der Waals surface area contributed by atoms with Crippen molar-refractivity contribution in [3.05, 3.63) is 72.8 Å². The Kier molecular flexibility index (Phi) is 3.63. The van der Waals surface area contributed by atoms with Crippen LogP contribution < -0.4 is 9.47 Å². The van der Waals surface area contributed by atoms with Gasteiger partial charge in [0.15, 0.2) is 6.61 Å². The molecule has 0 saturated heterocycles. The Bertz CT molecular complexity index is 1000. The van der Waals surface area contributed by atoms with Crippen LogP contribution in [0.25, 0.3) is 21.9 Å². The molecule has 4 rings (SSSR count). The van der Waals surface area contributed by atoms with E-state index in [0.29, 0.717) is 11.5 Å². The van der Waals surface area contributed by atoms with Gasteiger partial charge in [-0.25, -0.2) is 4.79 Å². The molecule has 4 aromatic rings. The van der Waals surface area contributed by atoms with Crippen molar-refractivity contribution in [2.75, 3.05) is 6.61 Å². The molecule has 0 N–H and O–H groups in total. The van der Waals surface area contributed by atoms with E-state index in [1.807, 2.05) is 42.5 Å². The molecule has 0 radical (unpaired) electrons. The standard InChI is InChI=1S/C20H14O4/c21-20(23-14-6-2-1-3-7-14)13-22-15-10-11-19-17(12-15)16-8-4-5-9-18(16)24-19/h1-12H,13H2. The Hall–Kier alpha value is -3.27. The van der Waals surface area contributed by atoms with E-state index in [2.05, 4.69) is 0 Å². The summed E-state index contributed by atoms with van der Waals surface area (Å²) < 4.78 is 16.5. The minimum atomic E-state index is -0.446. The van der Waals surface area contributed by atoms with Gasteiger partial charge in [0, 0.05) is 10.8 Å². The van der Waals surface area contributed by atoms with Gasteiger partial charge in [-0.1, -0.05) is 36.4 Å². The summed E-state index contributed by atoms with van der Waals surface area (Å²) in [5, 5.41) is 1.98. The van der Waals surface area contributed by atoms with Crippen LogP contribution in [0.15, 0.2) is 77.2 Å². The molecule has 0 saturated carbocycles. The second-order valence-corrected chi connectivity index (χ2v) is 5.33. The van der Waals surface area contributed by atoms with E-state index in [0.717, 1.165) is 21.9 Å². The highest BCUT2D eigenvalue weighted by atomic mass is 16.6. The Morgan fingerprint density at radius 2 is 1.54 bits per heavy atom. The second kappa shape index (κ2) is 6.08. The van der Waals surface area contributed by atoms with E-state index in [9.17, 15) is 4.79 Å². The van der Waals surface area contributed by atoms with Gasteiger partial charge in [0.25, 0.3) is 0 Å². The summed E-state index contributed by atoms with van der Waals surface area (Å²) >= 11 is 0. The van der Waals surface area contributed by atoms with Crippen molar-refractivity contribution in [2.45, 2.75) is 0 Å². The van der Waals surface area contributed by atoms with E-state index < -0.39 is 5.97 Å². The maximum absolute atomic E-state index is 11.8. The van der Waals surface area contributed by atoms with Crippen molar-refractivity contribution in [3.63, 3.8) is 0 Å². The van der Waals surface area contributed by atoms with Gasteiger partial charge in [0.1, 0.15) is 22.7 Å². The first-order chi connectivity index (χ1) is 11.8. The van der Waals surface area contributed by atoms with Crippen LogP contribution in [0.5, 0.6) is 11.5 Å². The number of hydrogen-bond donors (Lipinski definition) is 0. The fourth-order valence-corrected chi connectivity index (χ4v) is 2.59. The first-order valence-electron chi connectivity index (χ1n) is 7.59. The second-order valence-electron chi connectivity index (χ2n) is 5.33. The van der Waals surface area contributed by atoms with Gasteiger partial charge in [-0.2, -0.15) is 0 Å². The third kappa shape index (κ3) is 2.82. The van der Waals surface area contributed by atoms with Crippen molar-refractivity contribution in [2.24, 2.45) is 0 Å². The number of para-hydroxylation sites is 2. The van der Waals surface area contributed by atoms with E-state index in [1.165, 1.54) is 0 Å². The van der Waals surface area contributed by atoms with Gasteiger partial charge in [-0.3, -0.25) is 0 Å². The maximum atomic E-state index is 11.8. The smallest absolute Gasteiger partial charge is 0.349 e. The molecule has 0 aliphatic carbocycles. The number of carbonyl (C=O) groups is 1. The summed E-state index contributed by atoms with van der Waals surface area (Å²) in [7, 11) is 0. The molecule has 0 aliphatic rings. The zero-order chi connectivity index (χ0) is 16.4. The summed E-state index contributed by atoms with van der Waals surface area (Å²) in [5.74, 6) is 0.653. The zero-order valence-electron chi connectivity index (χ0n) is 12.8. The zero-order valence-corrected chi connectivity index (χ0v) is 12.8. The molecular formula is C20H14O4. The third-order valence-corrected chi connectivity index (χ3v) is 3.68. The molecular weight excluding hydrogens is 304 g/mol. The van der Waals surface area contributed by atoms with E-state index in [-0.39, 0.29) is 6.61 Å². The van der Waals surface area contributed by atoms with Gasteiger partial charge >= 0.3 is 5.97 Å². The number of carbonyl (C=O) groups excluding carboxylic acids is 1. The highest BCUT2D eigenvalue weighted by Crippen LogP contribution is 2.31. The fraction of sp³-hybridized carbons (Fsp3) is 0.0500. The van der Waals surface area contributed by atoms with Crippen LogP contribution in [-0.2, 0) is 4.79 Å². The van der Waals surface area contributed by atoms with Crippen molar-refractivity contribution in [1.82, 2.24) is 0 Å². The molecule has 0 unspecified atom stereocenters. The Balaban J connectivity index is 1.50. The van der Waals surface area contributed by atoms with Crippen molar-refractivity contribution < 1.29 is 18.7 Å². The van der Waals surface area contributed by atoms with Crippen LogP contribution in [0.4, 0.5) is 0 Å². The largest absolute Gasteiger partial charge is 0.482 e. The topological polar surface area (TPSA) is 48.7 Å². The van der Waals surface area contributed by atoms with Crippen LogP contribution in [0.3, 0.4) is 0 Å². The predicted octanol–water partition coefficient (Wildman–Crippen LogP) is 4.57.